The molecule has 0 saturated carbocycles. The normalized spacial score (nSPS) is 11.6. The Kier molecular flexibility index (Phi) is 7.27. The molecule has 0 heterocycles. The summed E-state index contributed by atoms with van der Waals surface area (Å²) in [4.78, 5) is 21.8. The number of nitrogens with one attached hydrogen (secondary N) is 1. The van der Waals surface area contributed by atoms with E-state index in [0.717, 1.165) is 18.9 Å². The largest absolute Gasteiger partial charge is 0.459 e. The van der Waals surface area contributed by atoms with Gasteiger partial charge < -0.3 is 15.2 Å². The van der Waals surface area contributed by atoms with Crippen LogP contribution in [0.1, 0.15) is 19.8 Å². The molecule has 0 aromatic carbocycles. The molecule has 0 aliphatic rings. The Morgan fingerprint density at radius 2 is 2.27 bits per heavy atom. The highest BCUT2D eigenvalue weighted by atomic mass is 16.5. The second-order valence-electron chi connectivity index (χ2n) is 2.99. The molecule has 0 rings (SSSR count). The third-order valence-corrected chi connectivity index (χ3v) is 1.68. The van der Waals surface area contributed by atoms with E-state index in [0.29, 0.717) is 6.54 Å². The number of aliphatic hydroxyl groups is 1. The van der Waals surface area contributed by atoms with Gasteiger partial charge in [0.15, 0.2) is 6.10 Å². The highest BCUT2D eigenvalue weighted by molar-refractivity contribution is 5.83. The van der Waals surface area contributed by atoms with Gasteiger partial charge in [0.1, 0.15) is 6.61 Å². The molecule has 5 heteroatoms. The van der Waals surface area contributed by atoms with Gasteiger partial charge in [-0.1, -0.05) is 19.9 Å². The first-order chi connectivity index (χ1) is 7.11. The lowest BCUT2D eigenvalue weighted by Gasteiger charge is -2.10. The van der Waals surface area contributed by atoms with E-state index in [4.69, 9.17) is 0 Å². The predicted octanol–water partition coefficient (Wildman–Crippen LogP) is -0.00720. The Morgan fingerprint density at radius 1 is 1.60 bits per heavy atom. The Bertz CT molecular complexity index is 227. The zero-order valence-electron chi connectivity index (χ0n) is 8.86. The van der Waals surface area contributed by atoms with E-state index in [1.807, 2.05) is 6.92 Å². The summed E-state index contributed by atoms with van der Waals surface area (Å²) < 4.78 is 4.51. The topological polar surface area (TPSA) is 75.6 Å². The third-order valence-electron chi connectivity index (χ3n) is 1.68. The summed E-state index contributed by atoms with van der Waals surface area (Å²) in [6.07, 6.45) is 1.47. The van der Waals surface area contributed by atoms with Crippen molar-refractivity contribution in [1.82, 2.24) is 5.32 Å². The lowest BCUT2D eigenvalue weighted by atomic mass is 10.3. The minimum atomic E-state index is -1.31. The van der Waals surface area contributed by atoms with Crippen LogP contribution in [-0.2, 0) is 14.3 Å². The number of amides is 1. The van der Waals surface area contributed by atoms with Crippen LogP contribution in [0.5, 0.6) is 0 Å². The lowest BCUT2D eigenvalue weighted by molar-refractivity contribution is -0.144. The maximum atomic E-state index is 11.1. The number of carbonyl (C=O) groups is 2. The van der Waals surface area contributed by atoms with E-state index >= 15 is 0 Å². The first kappa shape index (κ1) is 13.6. The van der Waals surface area contributed by atoms with Crippen molar-refractivity contribution in [2.24, 2.45) is 0 Å². The van der Waals surface area contributed by atoms with Crippen LogP contribution in [0.15, 0.2) is 12.7 Å². The van der Waals surface area contributed by atoms with Crippen molar-refractivity contribution in [1.29, 1.82) is 0 Å². The fraction of sp³-hybridized carbons (Fsp3) is 0.600. The van der Waals surface area contributed by atoms with E-state index < -0.39 is 18.0 Å². The SMILES string of the molecule is C=CC(=O)OCC(O)C(=O)NCCCC. The van der Waals surface area contributed by atoms with E-state index in [9.17, 15) is 14.7 Å². The van der Waals surface area contributed by atoms with Gasteiger partial charge in [0.2, 0.25) is 0 Å². The fourth-order valence-electron chi connectivity index (χ4n) is 0.802. The molecule has 5 nitrogen and oxygen atoms in total. The molecule has 0 saturated heterocycles. The minimum absolute atomic E-state index is 0.344. The summed E-state index contributed by atoms with van der Waals surface area (Å²) in [7, 11) is 0. The standard InChI is InChI=1S/C10H17NO4/c1-3-5-6-11-10(14)8(12)7-15-9(13)4-2/h4,8,12H,2-3,5-7H2,1H3,(H,11,14). The first-order valence-electron chi connectivity index (χ1n) is 4.86. The summed E-state index contributed by atoms with van der Waals surface area (Å²) in [5.41, 5.74) is 0. The van der Waals surface area contributed by atoms with Crippen molar-refractivity contribution < 1.29 is 19.4 Å². The van der Waals surface area contributed by atoms with E-state index in [1.165, 1.54) is 0 Å². The number of aliphatic hydroxyl groups excluding tert-OH is 1. The van der Waals surface area contributed by atoms with Crippen molar-refractivity contribution in [3.63, 3.8) is 0 Å². The van der Waals surface area contributed by atoms with Crippen LogP contribution in [0.4, 0.5) is 0 Å². The van der Waals surface area contributed by atoms with Crippen LogP contribution in [0.2, 0.25) is 0 Å². The molecular formula is C10H17NO4. The number of rotatable bonds is 7. The van der Waals surface area contributed by atoms with Gasteiger partial charge in [-0.2, -0.15) is 0 Å². The van der Waals surface area contributed by atoms with Crippen LogP contribution in [0, 0.1) is 0 Å². The summed E-state index contributed by atoms with van der Waals surface area (Å²) >= 11 is 0. The van der Waals surface area contributed by atoms with E-state index in [2.05, 4.69) is 16.6 Å². The summed E-state index contributed by atoms with van der Waals surface area (Å²) in [6, 6.07) is 0. The monoisotopic (exact) mass is 215 g/mol. The average Bonchev–Trinajstić information content (AvgIpc) is 2.25. The van der Waals surface area contributed by atoms with Crippen LogP contribution >= 0.6 is 0 Å². The molecule has 0 aliphatic heterocycles. The molecule has 0 bridgehead atoms. The molecule has 2 N–H and O–H groups in total. The summed E-state index contributed by atoms with van der Waals surface area (Å²) in [6.45, 7) is 5.35. The van der Waals surface area contributed by atoms with Gasteiger partial charge in [-0.15, -0.1) is 0 Å². The second-order valence-corrected chi connectivity index (χ2v) is 2.99. The molecule has 1 unspecified atom stereocenters. The number of esters is 1. The Morgan fingerprint density at radius 3 is 2.80 bits per heavy atom. The third kappa shape index (κ3) is 6.68. The van der Waals surface area contributed by atoms with Gasteiger partial charge in [-0.3, -0.25) is 4.79 Å². The first-order valence-corrected chi connectivity index (χ1v) is 4.86. The molecule has 1 amide bonds. The molecule has 0 aromatic rings. The molecule has 15 heavy (non-hydrogen) atoms. The molecule has 1 atom stereocenters. The maximum Gasteiger partial charge on any atom is 0.330 e. The van der Waals surface area contributed by atoms with Crippen molar-refractivity contribution in [2.45, 2.75) is 25.9 Å². The maximum absolute atomic E-state index is 11.1. The Hall–Kier alpha value is -1.36. The predicted molar refractivity (Wildman–Crippen MR) is 55.1 cm³/mol. The molecule has 0 spiro atoms. The van der Waals surface area contributed by atoms with Gasteiger partial charge in [-0.05, 0) is 6.42 Å². The molecule has 0 fully saturated rings. The highest BCUT2D eigenvalue weighted by Gasteiger charge is 2.15. The van der Waals surface area contributed by atoms with Crippen molar-refractivity contribution in [2.75, 3.05) is 13.2 Å². The van der Waals surface area contributed by atoms with Gasteiger partial charge in [-0.25, -0.2) is 4.79 Å². The molecule has 0 aromatic heterocycles. The van der Waals surface area contributed by atoms with Crippen LogP contribution in [0.25, 0.3) is 0 Å². The van der Waals surface area contributed by atoms with Gasteiger partial charge >= 0.3 is 5.97 Å². The van der Waals surface area contributed by atoms with Crippen molar-refractivity contribution >= 4 is 11.9 Å². The van der Waals surface area contributed by atoms with Crippen LogP contribution in [0.3, 0.4) is 0 Å². The number of unbranched alkanes of at least 4 members (excludes halogenated alkanes) is 1. The zero-order chi connectivity index (χ0) is 11.7. The second kappa shape index (κ2) is 7.99. The highest BCUT2D eigenvalue weighted by Crippen LogP contribution is 1.89. The van der Waals surface area contributed by atoms with E-state index in [1.54, 1.807) is 0 Å². The quantitative estimate of drug-likeness (QED) is 0.356. The lowest BCUT2D eigenvalue weighted by Crippen LogP contribution is -2.38. The van der Waals surface area contributed by atoms with Gasteiger partial charge in [0.05, 0.1) is 0 Å². The minimum Gasteiger partial charge on any atom is -0.459 e. The Balaban J connectivity index is 3.68. The molecule has 0 radical (unpaired) electrons. The zero-order valence-corrected chi connectivity index (χ0v) is 8.86. The number of carbonyl (C=O) groups excluding carboxylic acids is 2. The Labute approximate surface area is 89.1 Å². The van der Waals surface area contributed by atoms with Gasteiger partial charge in [0.25, 0.3) is 5.91 Å². The summed E-state index contributed by atoms with van der Waals surface area (Å²) in [5, 5.41) is 11.8. The summed E-state index contributed by atoms with van der Waals surface area (Å²) in [5.74, 6) is -1.18. The molecule has 0 aliphatic carbocycles. The van der Waals surface area contributed by atoms with Gasteiger partial charge in [0, 0.05) is 12.6 Å². The molecule has 86 valence electrons. The van der Waals surface area contributed by atoms with Crippen LogP contribution in [-0.4, -0.2) is 36.2 Å². The number of ether oxygens (including phenoxy) is 1. The molecular weight excluding hydrogens is 198 g/mol. The van der Waals surface area contributed by atoms with Crippen molar-refractivity contribution in [3.05, 3.63) is 12.7 Å². The average molecular weight is 215 g/mol. The van der Waals surface area contributed by atoms with Crippen molar-refractivity contribution in [3.8, 4) is 0 Å². The van der Waals surface area contributed by atoms with Crippen LogP contribution < -0.4 is 5.32 Å². The number of hydrogen-bond acceptors (Lipinski definition) is 4. The smallest absolute Gasteiger partial charge is 0.330 e. The number of hydrogen-bond donors (Lipinski definition) is 2. The van der Waals surface area contributed by atoms with E-state index in [-0.39, 0.29) is 6.61 Å². The fourth-order valence-corrected chi connectivity index (χ4v) is 0.802.